The van der Waals surface area contributed by atoms with E-state index in [4.69, 9.17) is 11.6 Å². The average molecular weight is 361 g/mol. The first-order chi connectivity index (χ1) is 12.1. The largest absolute Gasteiger partial charge is 0.370 e. The van der Waals surface area contributed by atoms with Crippen LogP contribution in [0.15, 0.2) is 30.5 Å². The molecule has 2 atom stereocenters. The molecule has 0 amide bonds. The predicted octanol–water partition coefficient (Wildman–Crippen LogP) is 4.25. The van der Waals surface area contributed by atoms with Gasteiger partial charge < -0.3 is 5.32 Å². The van der Waals surface area contributed by atoms with Crippen LogP contribution in [0.5, 0.6) is 0 Å². The van der Waals surface area contributed by atoms with Crippen LogP contribution in [0, 0.1) is 11.7 Å². The molecule has 1 N–H and O–H groups in total. The number of hydrogen-bond acceptors (Lipinski definition) is 4. The molecule has 6 heteroatoms. The van der Waals surface area contributed by atoms with Gasteiger partial charge in [0.15, 0.2) is 0 Å². The van der Waals surface area contributed by atoms with Crippen molar-refractivity contribution < 1.29 is 4.39 Å². The van der Waals surface area contributed by atoms with E-state index in [9.17, 15) is 4.39 Å². The van der Waals surface area contributed by atoms with Crippen LogP contribution in [0.4, 0.5) is 10.2 Å². The van der Waals surface area contributed by atoms with Gasteiger partial charge >= 0.3 is 0 Å². The van der Waals surface area contributed by atoms with Gasteiger partial charge in [-0.2, -0.15) is 0 Å². The van der Waals surface area contributed by atoms with E-state index in [0.29, 0.717) is 11.8 Å². The van der Waals surface area contributed by atoms with Crippen molar-refractivity contribution >= 4 is 17.4 Å². The van der Waals surface area contributed by atoms with Crippen LogP contribution in [0.2, 0.25) is 5.02 Å². The van der Waals surface area contributed by atoms with Gasteiger partial charge in [0.1, 0.15) is 17.5 Å². The number of nitrogens with zero attached hydrogens (tertiary/aromatic N) is 3. The van der Waals surface area contributed by atoms with Gasteiger partial charge in [-0.25, -0.2) is 14.4 Å². The molecule has 1 aromatic carbocycles. The van der Waals surface area contributed by atoms with Crippen LogP contribution in [0.3, 0.4) is 0 Å². The number of benzene rings is 1. The van der Waals surface area contributed by atoms with Gasteiger partial charge in [0.25, 0.3) is 0 Å². The third kappa shape index (κ3) is 3.62. The van der Waals surface area contributed by atoms with Gasteiger partial charge in [0.2, 0.25) is 0 Å². The van der Waals surface area contributed by atoms with Gasteiger partial charge in [0, 0.05) is 24.7 Å². The lowest BCUT2D eigenvalue weighted by molar-refractivity contribution is 0.281. The smallest absolute Gasteiger partial charge is 0.142 e. The summed E-state index contributed by atoms with van der Waals surface area (Å²) in [5.74, 6) is 2.42. The molecule has 2 heterocycles. The van der Waals surface area contributed by atoms with Gasteiger partial charge in [-0.1, -0.05) is 17.7 Å². The number of rotatable bonds is 5. The van der Waals surface area contributed by atoms with Crippen LogP contribution in [-0.4, -0.2) is 35.0 Å². The van der Waals surface area contributed by atoms with Crippen molar-refractivity contribution in [2.75, 3.05) is 25.5 Å². The average Bonchev–Trinajstić information content (AvgIpc) is 3.40. The standard InChI is InChI=1S/C19H22ClFN4/c1-25-9-7-14(18(25)13-4-5-15(20)16(21)10-13)11-23-17-6-8-22-19(24-17)12-2-3-12/h4-6,8,10,12,14,18H,2-3,7,9,11H2,1H3,(H,22,23,24). The van der Waals surface area contributed by atoms with E-state index in [0.717, 1.165) is 36.7 Å². The zero-order valence-electron chi connectivity index (χ0n) is 14.3. The molecule has 4 rings (SSSR count). The van der Waals surface area contributed by atoms with E-state index < -0.39 is 0 Å². The van der Waals surface area contributed by atoms with Crippen molar-refractivity contribution in [3.05, 3.63) is 52.7 Å². The fraction of sp³-hybridized carbons (Fsp3) is 0.474. The minimum absolute atomic E-state index is 0.174. The molecule has 132 valence electrons. The highest BCUT2D eigenvalue weighted by molar-refractivity contribution is 6.30. The van der Waals surface area contributed by atoms with Crippen LogP contribution >= 0.6 is 11.6 Å². The lowest BCUT2D eigenvalue weighted by Gasteiger charge is -2.26. The molecule has 2 aromatic rings. The molecule has 1 aliphatic carbocycles. The molecular weight excluding hydrogens is 339 g/mol. The normalized spacial score (nSPS) is 23.8. The summed E-state index contributed by atoms with van der Waals surface area (Å²) in [6.07, 6.45) is 5.29. The Kier molecular flexibility index (Phi) is 4.61. The summed E-state index contributed by atoms with van der Waals surface area (Å²) in [4.78, 5) is 11.3. The Morgan fingerprint density at radius 1 is 1.28 bits per heavy atom. The van der Waals surface area contributed by atoms with Gasteiger partial charge in [-0.15, -0.1) is 0 Å². The molecule has 2 unspecified atom stereocenters. The van der Waals surface area contributed by atoms with Gasteiger partial charge in [0.05, 0.1) is 5.02 Å². The molecule has 0 bridgehead atoms. The van der Waals surface area contributed by atoms with Crippen molar-refractivity contribution in [3.63, 3.8) is 0 Å². The number of aromatic nitrogens is 2. The zero-order chi connectivity index (χ0) is 17.4. The van der Waals surface area contributed by atoms with Gasteiger partial charge in [-0.05, 0) is 62.5 Å². The molecule has 0 radical (unpaired) electrons. The van der Waals surface area contributed by atoms with Crippen LogP contribution in [0.1, 0.15) is 42.6 Å². The maximum atomic E-state index is 13.9. The first-order valence-corrected chi connectivity index (χ1v) is 9.21. The van der Waals surface area contributed by atoms with E-state index in [2.05, 4.69) is 27.2 Å². The first-order valence-electron chi connectivity index (χ1n) is 8.84. The van der Waals surface area contributed by atoms with Crippen molar-refractivity contribution in [2.24, 2.45) is 5.92 Å². The Hall–Kier alpha value is -1.72. The Bertz CT molecular complexity index is 765. The monoisotopic (exact) mass is 360 g/mol. The second kappa shape index (κ2) is 6.89. The number of anilines is 1. The maximum absolute atomic E-state index is 13.9. The second-order valence-corrected chi connectivity index (χ2v) is 7.51. The first kappa shape index (κ1) is 16.7. The van der Waals surface area contributed by atoms with Gasteiger partial charge in [-0.3, -0.25) is 4.90 Å². The minimum Gasteiger partial charge on any atom is -0.370 e. The quantitative estimate of drug-likeness (QED) is 0.865. The fourth-order valence-electron chi connectivity index (χ4n) is 3.71. The van der Waals surface area contributed by atoms with E-state index in [1.54, 1.807) is 12.1 Å². The summed E-state index contributed by atoms with van der Waals surface area (Å²) in [5.41, 5.74) is 0.982. The molecule has 1 saturated carbocycles. The highest BCUT2D eigenvalue weighted by Gasteiger charge is 2.33. The van der Waals surface area contributed by atoms with Crippen molar-refractivity contribution in [2.45, 2.75) is 31.2 Å². The van der Waals surface area contributed by atoms with Crippen LogP contribution < -0.4 is 5.32 Å². The van der Waals surface area contributed by atoms with Crippen molar-refractivity contribution in [1.82, 2.24) is 14.9 Å². The molecule has 25 heavy (non-hydrogen) atoms. The maximum Gasteiger partial charge on any atom is 0.142 e. The Labute approximate surface area is 152 Å². The summed E-state index contributed by atoms with van der Waals surface area (Å²) < 4.78 is 13.9. The van der Waals surface area contributed by atoms with Crippen LogP contribution in [-0.2, 0) is 0 Å². The highest BCUT2D eigenvalue weighted by Crippen LogP contribution is 2.39. The van der Waals surface area contributed by atoms with E-state index in [-0.39, 0.29) is 16.9 Å². The number of hydrogen-bond donors (Lipinski definition) is 1. The lowest BCUT2D eigenvalue weighted by atomic mass is 9.93. The molecule has 0 spiro atoms. The molecule has 4 nitrogen and oxygen atoms in total. The third-order valence-electron chi connectivity index (χ3n) is 5.22. The second-order valence-electron chi connectivity index (χ2n) is 7.10. The van der Waals surface area contributed by atoms with E-state index in [1.165, 1.54) is 12.8 Å². The van der Waals surface area contributed by atoms with E-state index >= 15 is 0 Å². The molecule has 1 aliphatic heterocycles. The summed E-state index contributed by atoms with van der Waals surface area (Å²) in [5, 5.41) is 3.63. The molecule has 2 aliphatic rings. The molecule has 1 saturated heterocycles. The molecule has 2 fully saturated rings. The minimum atomic E-state index is -0.351. The SMILES string of the molecule is CN1CCC(CNc2ccnc(C3CC3)n2)C1c1ccc(Cl)c(F)c1. The third-order valence-corrected chi connectivity index (χ3v) is 5.53. The Balaban J connectivity index is 1.47. The van der Waals surface area contributed by atoms with Crippen molar-refractivity contribution in [1.29, 1.82) is 0 Å². The number of likely N-dealkylation sites (tertiary alicyclic amines) is 1. The summed E-state index contributed by atoms with van der Waals surface area (Å²) >= 11 is 5.83. The van der Waals surface area contributed by atoms with Crippen LogP contribution in [0.25, 0.3) is 0 Å². The summed E-state index contributed by atoms with van der Waals surface area (Å²) in [7, 11) is 2.09. The van der Waals surface area contributed by atoms with E-state index in [1.807, 2.05) is 18.3 Å². The summed E-state index contributed by atoms with van der Waals surface area (Å²) in [6.45, 7) is 1.80. The number of nitrogens with one attached hydrogen (secondary N) is 1. The Morgan fingerprint density at radius 2 is 2.12 bits per heavy atom. The summed E-state index contributed by atoms with van der Waals surface area (Å²) in [6, 6.07) is 7.25. The lowest BCUT2D eigenvalue weighted by Crippen LogP contribution is -2.25. The topological polar surface area (TPSA) is 41.0 Å². The van der Waals surface area contributed by atoms with Crippen molar-refractivity contribution in [3.8, 4) is 0 Å². The zero-order valence-corrected chi connectivity index (χ0v) is 15.0. The molecular formula is C19H22ClFN4. The Morgan fingerprint density at radius 3 is 2.88 bits per heavy atom. The fourth-order valence-corrected chi connectivity index (χ4v) is 3.83. The predicted molar refractivity (Wildman–Crippen MR) is 97.4 cm³/mol. The molecule has 1 aromatic heterocycles. The highest BCUT2D eigenvalue weighted by atomic mass is 35.5. The number of halogens is 2.